The Morgan fingerprint density at radius 3 is 2.29 bits per heavy atom. The van der Waals surface area contributed by atoms with Crippen molar-refractivity contribution < 1.29 is 33.4 Å². The second kappa shape index (κ2) is 13.3. The van der Waals surface area contributed by atoms with Crippen molar-refractivity contribution in [2.45, 2.75) is 57.3 Å². The smallest absolute Gasteiger partial charge is 0.362 e. The van der Waals surface area contributed by atoms with Gasteiger partial charge in [-0.05, 0) is 30.9 Å². The molecule has 4 rings (SSSR count). The van der Waals surface area contributed by atoms with Crippen LogP contribution in [0.2, 0.25) is 0 Å². The van der Waals surface area contributed by atoms with E-state index in [-0.39, 0.29) is 31.0 Å². The van der Waals surface area contributed by atoms with Gasteiger partial charge in [-0.1, -0.05) is 79.9 Å². The Labute approximate surface area is 224 Å². The Kier molecular flexibility index (Phi) is 10.2. The third-order valence-corrected chi connectivity index (χ3v) is 7.01. The van der Waals surface area contributed by atoms with Gasteiger partial charge in [0.25, 0.3) is 6.47 Å². The Balaban J connectivity index is 0.00000127. The second-order valence-corrected chi connectivity index (χ2v) is 10.5. The van der Waals surface area contributed by atoms with E-state index in [1.54, 1.807) is 6.20 Å². The molecule has 0 radical (unpaired) electrons. The Hall–Kier alpha value is -3.49. The van der Waals surface area contributed by atoms with Gasteiger partial charge in [-0.15, -0.1) is 0 Å². The van der Waals surface area contributed by atoms with E-state index < -0.39 is 5.60 Å². The van der Waals surface area contributed by atoms with Gasteiger partial charge < -0.3 is 23.9 Å². The number of oxazole rings is 1. The van der Waals surface area contributed by atoms with Crippen molar-refractivity contribution in [3.8, 4) is 0 Å². The van der Waals surface area contributed by atoms with E-state index in [0.717, 1.165) is 36.8 Å². The molecule has 1 fully saturated rings. The molecule has 1 saturated carbocycles. The van der Waals surface area contributed by atoms with Gasteiger partial charge in [0.1, 0.15) is 12.6 Å². The molecular formula is C30H39N2O6+. The number of esters is 1. The molecule has 0 spiro atoms. The molecule has 1 aliphatic carbocycles. The molecule has 3 aromatic rings. The van der Waals surface area contributed by atoms with Crippen LogP contribution in [0.15, 0.2) is 71.3 Å². The summed E-state index contributed by atoms with van der Waals surface area (Å²) in [5, 5.41) is 18.9. The number of hydrogen-bond donors (Lipinski definition) is 2. The number of rotatable bonds is 9. The number of carboxylic acid groups (broad SMARTS) is 1. The molecule has 38 heavy (non-hydrogen) atoms. The number of aliphatic hydroxyl groups is 1. The topological polar surface area (TPSA) is 110 Å². The minimum absolute atomic E-state index is 0.0575. The van der Waals surface area contributed by atoms with Crippen molar-refractivity contribution in [2.24, 2.45) is 5.92 Å². The number of nitrogens with zero attached hydrogens (tertiary/aromatic N) is 2. The first-order valence-corrected chi connectivity index (χ1v) is 13.1. The van der Waals surface area contributed by atoms with E-state index in [1.165, 1.54) is 6.42 Å². The van der Waals surface area contributed by atoms with Crippen molar-refractivity contribution in [3.05, 3.63) is 89.6 Å². The summed E-state index contributed by atoms with van der Waals surface area (Å²) in [6.07, 6.45) is 6.65. The number of likely N-dealkylation sites (N-methyl/N-ethyl adjacent to an activating group) is 1. The normalized spacial score (nSPS) is 16.4. The number of hydrogen-bond acceptors (Lipinski definition) is 6. The van der Waals surface area contributed by atoms with E-state index >= 15 is 0 Å². The number of aromatic nitrogens is 1. The van der Waals surface area contributed by atoms with E-state index in [9.17, 15) is 9.90 Å². The van der Waals surface area contributed by atoms with Gasteiger partial charge >= 0.3 is 5.97 Å². The lowest BCUT2D eigenvalue weighted by atomic mass is 9.73. The highest BCUT2D eigenvalue weighted by Gasteiger charge is 2.45. The van der Waals surface area contributed by atoms with Gasteiger partial charge in [0, 0.05) is 5.92 Å². The molecule has 1 aromatic heterocycles. The minimum Gasteiger partial charge on any atom is -0.483 e. The molecule has 8 nitrogen and oxygen atoms in total. The summed E-state index contributed by atoms with van der Waals surface area (Å²) >= 11 is 0. The summed E-state index contributed by atoms with van der Waals surface area (Å²) < 4.78 is 12.2. The monoisotopic (exact) mass is 523 g/mol. The Morgan fingerprint density at radius 1 is 1.11 bits per heavy atom. The summed E-state index contributed by atoms with van der Waals surface area (Å²) in [4.78, 5) is 25.6. The average molecular weight is 524 g/mol. The van der Waals surface area contributed by atoms with Gasteiger partial charge in [-0.25, -0.2) is 9.78 Å². The summed E-state index contributed by atoms with van der Waals surface area (Å²) in [5.74, 6) is 0.765. The highest BCUT2D eigenvalue weighted by molar-refractivity contribution is 5.70. The quantitative estimate of drug-likeness (QED) is 0.229. The molecule has 1 heterocycles. The molecule has 8 heteroatoms. The van der Waals surface area contributed by atoms with E-state index in [4.69, 9.17) is 19.1 Å². The van der Waals surface area contributed by atoms with Gasteiger partial charge in [0.05, 0.1) is 20.3 Å². The Bertz CT molecular complexity index is 1140. The number of quaternary nitrogens is 1. The lowest BCUT2D eigenvalue weighted by Crippen LogP contribution is -2.43. The van der Waals surface area contributed by atoms with E-state index in [1.807, 2.05) is 81.7 Å². The van der Waals surface area contributed by atoms with Crippen LogP contribution in [0.1, 0.15) is 67.9 Å². The largest absolute Gasteiger partial charge is 0.483 e. The molecule has 2 N–H and O–H groups in total. The van der Waals surface area contributed by atoms with Crippen LogP contribution < -0.4 is 0 Å². The molecule has 1 unspecified atom stereocenters. The second-order valence-electron chi connectivity index (χ2n) is 10.5. The zero-order chi connectivity index (χ0) is 27.6. The fourth-order valence-corrected chi connectivity index (χ4v) is 5.16. The van der Waals surface area contributed by atoms with Crippen molar-refractivity contribution in [3.63, 3.8) is 0 Å². The van der Waals surface area contributed by atoms with Crippen molar-refractivity contribution >= 4 is 12.4 Å². The van der Waals surface area contributed by atoms with Crippen LogP contribution in [-0.2, 0) is 26.5 Å². The zero-order valence-corrected chi connectivity index (χ0v) is 22.5. The van der Waals surface area contributed by atoms with Crippen LogP contribution in [0.5, 0.6) is 0 Å². The fourth-order valence-electron chi connectivity index (χ4n) is 5.16. The summed E-state index contributed by atoms with van der Waals surface area (Å²) in [7, 11) is 3.92. The average Bonchev–Trinajstić information content (AvgIpc) is 3.38. The van der Waals surface area contributed by atoms with Gasteiger partial charge in [0.15, 0.2) is 17.9 Å². The molecule has 2 atom stereocenters. The van der Waals surface area contributed by atoms with E-state index in [2.05, 4.69) is 4.98 Å². The molecule has 204 valence electrons. The number of benzene rings is 2. The van der Waals surface area contributed by atoms with Crippen LogP contribution in [0.3, 0.4) is 0 Å². The number of carbonyl (C=O) groups is 2. The van der Waals surface area contributed by atoms with Crippen LogP contribution >= 0.6 is 0 Å². The summed E-state index contributed by atoms with van der Waals surface area (Å²) in [5.41, 5.74) is 0.516. The highest BCUT2D eigenvalue weighted by atomic mass is 16.5. The van der Waals surface area contributed by atoms with E-state index in [0.29, 0.717) is 22.7 Å². The third kappa shape index (κ3) is 7.52. The van der Waals surface area contributed by atoms with Gasteiger partial charge in [-0.2, -0.15) is 0 Å². The predicted molar refractivity (Wildman–Crippen MR) is 143 cm³/mol. The number of ether oxygens (including phenoxy) is 1. The zero-order valence-electron chi connectivity index (χ0n) is 22.5. The molecule has 0 aliphatic heterocycles. The molecule has 0 amide bonds. The van der Waals surface area contributed by atoms with Crippen LogP contribution in [0, 0.1) is 5.92 Å². The standard InChI is InChI=1S/C29H37N2O4.CH2O2/c1-22(23-13-7-4-8-14-23)34-27(32)21-31(2,3)20-26-19-30-28(35-26)29(33,24-15-9-5-10-16-24)25-17-11-6-12-18-25;2-1-3/h4-5,7-10,13-16,19,22,25,33H,6,11-12,17-18,20-21H2,1-3H3;1H,(H,2,3)/q+1;/t22-,29?;/m1./s1. The van der Waals surface area contributed by atoms with Crippen LogP contribution in [-0.4, -0.2) is 52.8 Å². The SMILES string of the molecule is C[C@@H](OC(=O)C[N+](C)(C)Cc1cnc(C(O)(c2ccccc2)C2CCCCC2)o1)c1ccccc1.O=CO. The first-order valence-electron chi connectivity index (χ1n) is 13.1. The van der Waals surface area contributed by atoms with Crippen molar-refractivity contribution in [2.75, 3.05) is 20.6 Å². The van der Waals surface area contributed by atoms with Gasteiger partial charge in [-0.3, -0.25) is 4.79 Å². The first kappa shape index (κ1) is 29.1. The molecule has 0 saturated heterocycles. The Morgan fingerprint density at radius 2 is 1.68 bits per heavy atom. The number of carbonyl (C=O) groups excluding carboxylic acids is 1. The minimum atomic E-state index is -1.26. The van der Waals surface area contributed by atoms with Gasteiger partial charge in [0.2, 0.25) is 5.89 Å². The maximum absolute atomic E-state index is 12.7. The maximum Gasteiger partial charge on any atom is 0.362 e. The molecule has 2 aromatic carbocycles. The highest BCUT2D eigenvalue weighted by Crippen LogP contribution is 2.43. The lowest BCUT2D eigenvalue weighted by molar-refractivity contribution is -0.897. The summed E-state index contributed by atoms with van der Waals surface area (Å²) in [6, 6.07) is 19.4. The van der Waals surface area contributed by atoms with Crippen LogP contribution in [0.4, 0.5) is 0 Å². The van der Waals surface area contributed by atoms with Crippen molar-refractivity contribution in [1.29, 1.82) is 0 Å². The fraction of sp³-hybridized carbons (Fsp3) is 0.433. The van der Waals surface area contributed by atoms with Crippen LogP contribution in [0.25, 0.3) is 0 Å². The van der Waals surface area contributed by atoms with Crippen molar-refractivity contribution in [1.82, 2.24) is 4.98 Å². The first-order chi connectivity index (χ1) is 18.2. The molecule has 1 aliphatic rings. The summed E-state index contributed by atoms with van der Waals surface area (Å²) in [6.45, 7) is 2.28. The molecular weight excluding hydrogens is 484 g/mol. The predicted octanol–water partition coefficient (Wildman–Crippen LogP) is 5.07. The maximum atomic E-state index is 12.7. The molecule has 0 bridgehead atoms. The third-order valence-electron chi connectivity index (χ3n) is 7.01. The lowest BCUT2D eigenvalue weighted by Gasteiger charge is -2.36.